The molecule has 0 atom stereocenters. The van der Waals surface area contributed by atoms with Gasteiger partial charge in [-0.15, -0.1) is 0 Å². The van der Waals surface area contributed by atoms with Gasteiger partial charge in [0, 0.05) is 18.3 Å². The van der Waals surface area contributed by atoms with Gasteiger partial charge in [0.05, 0.1) is 39.0 Å². The van der Waals surface area contributed by atoms with E-state index in [0.29, 0.717) is 0 Å². The van der Waals surface area contributed by atoms with Crippen LogP contribution in [-0.4, -0.2) is 64.1 Å². The number of quaternary nitrogens is 1. The van der Waals surface area contributed by atoms with Gasteiger partial charge in [-0.1, -0.05) is 0 Å². The van der Waals surface area contributed by atoms with Crippen LogP contribution < -0.4 is 15.4 Å². The number of nitrogen functional groups attached to an aromatic ring is 1. The summed E-state index contributed by atoms with van der Waals surface area (Å²) in [6, 6.07) is 5.98. The highest BCUT2D eigenvalue weighted by Gasteiger charge is 2.24. The van der Waals surface area contributed by atoms with Crippen molar-refractivity contribution < 1.29 is 14.0 Å². The lowest BCUT2D eigenvalue weighted by molar-refractivity contribution is -0.917. The molecule has 0 radical (unpaired) electrons. The van der Waals surface area contributed by atoms with Crippen molar-refractivity contribution in [1.29, 1.82) is 0 Å². The van der Waals surface area contributed by atoms with Crippen molar-refractivity contribution in [2.45, 2.75) is 19.3 Å². The number of rotatable bonds is 6. The Kier molecular flexibility index (Phi) is 5.28. The maximum atomic E-state index is 5.84. The number of nitrogens with zero attached hydrogens (tertiary/aromatic N) is 2. The third-order valence-corrected chi connectivity index (χ3v) is 5.12. The highest BCUT2D eigenvalue weighted by Crippen LogP contribution is 2.33. The van der Waals surface area contributed by atoms with Crippen LogP contribution in [0.15, 0.2) is 18.2 Å². The third kappa shape index (κ3) is 4.30. The fourth-order valence-corrected chi connectivity index (χ4v) is 3.51. The Morgan fingerprint density at radius 2 is 1.96 bits per heavy atom. The average molecular weight is 320 g/mol. The summed E-state index contributed by atoms with van der Waals surface area (Å²) in [4.78, 5) is 2.43. The Morgan fingerprint density at radius 1 is 1.13 bits per heavy atom. The Labute approximate surface area is 139 Å². The lowest BCUT2D eigenvalue weighted by Crippen LogP contribution is -2.52. The largest absolute Gasteiger partial charge is 0.489 e. The van der Waals surface area contributed by atoms with Crippen molar-refractivity contribution in [3.05, 3.63) is 18.2 Å². The number of nitrogens with two attached hydrogens (primary N) is 1. The number of unbranched alkanes of at least 4 members (excludes halogenated alkanes) is 2. The molecule has 0 aliphatic carbocycles. The van der Waals surface area contributed by atoms with Crippen LogP contribution in [0.1, 0.15) is 19.3 Å². The fourth-order valence-electron chi connectivity index (χ4n) is 3.51. The molecule has 0 saturated carbocycles. The van der Waals surface area contributed by atoms with Crippen LogP contribution in [0.25, 0.3) is 0 Å². The van der Waals surface area contributed by atoms with Gasteiger partial charge in [0.15, 0.2) is 0 Å². The molecule has 5 heteroatoms. The molecule has 3 rings (SSSR count). The second-order valence-electron chi connectivity index (χ2n) is 7.03. The van der Waals surface area contributed by atoms with Gasteiger partial charge in [0.25, 0.3) is 0 Å². The van der Waals surface area contributed by atoms with Gasteiger partial charge < -0.3 is 24.6 Å². The van der Waals surface area contributed by atoms with Crippen LogP contribution in [0.2, 0.25) is 0 Å². The van der Waals surface area contributed by atoms with E-state index >= 15 is 0 Å². The number of hydrogen-bond acceptors (Lipinski definition) is 4. The molecule has 2 aliphatic rings. The highest BCUT2D eigenvalue weighted by atomic mass is 16.5. The Hall–Kier alpha value is -1.46. The Morgan fingerprint density at radius 3 is 2.78 bits per heavy atom. The van der Waals surface area contributed by atoms with Crippen molar-refractivity contribution in [3.63, 3.8) is 0 Å². The summed E-state index contributed by atoms with van der Waals surface area (Å²) < 4.78 is 12.4. The molecule has 1 aromatic carbocycles. The van der Waals surface area contributed by atoms with Crippen molar-refractivity contribution in [3.8, 4) is 5.75 Å². The summed E-state index contributed by atoms with van der Waals surface area (Å²) in [6.45, 7) is 8.28. The predicted octanol–water partition coefficient (Wildman–Crippen LogP) is 2.11. The second-order valence-corrected chi connectivity index (χ2v) is 7.03. The quantitative estimate of drug-likeness (QED) is 0.495. The number of morpholine rings is 1. The second kappa shape index (κ2) is 7.41. The lowest BCUT2D eigenvalue weighted by Gasteiger charge is -2.37. The van der Waals surface area contributed by atoms with Crippen LogP contribution in [0.4, 0.5) is 11.4 Å². The summed E-state index contributed by atoms with van der Waals surface area (Å²) in [5, 5.41) is 0. The average Bonchev–Trinajstić information content (AvgIpc) is 2.55. The van der Waals surface area contributed by atoms with Crippen LogP contribution in [0.5, 0.6) is 5.75 Å². The van der Waals surface area contributed by atoms with E-state index in [1.165, 1.54) is 36.0 Å². The predicted molar refractivity (Wildman–Crippen MR) is 94.0 cm³/mol. The van der Waals surface area contributed by atoms with E-state index in [-0.39, 0.29) is 0 Å². The van der Waals surface area contributed by atoms with Gasteiger partial charge in [-0.25, -0.2) is 0 Å². The zero-order chi connectivity index (χ0) is 16.1. The molecule has 2 N–H and O–H groups in total. The zero-order valence-electron chi connectivity index (χ0n) is 14.3. The molecule has 0 amide bonds. The fraction of sp³-hybridized carbons (Fsp3) is 0.667. The molecule has 23 heavy (non-hydrogen) atoms. The molecule has 1 saturated heterocycles. The van der Waals surface area contributed by atoms with E-state index in [4.69, 9.17) is 15.2 Å². The SMILES string of the molecule is C[N+]1(CCCCCN2CCOc3cc(N)ccc32)CCOCC1. The smallest absolute Gasteiger partial charge is 0.144 e. The van der Waals surface area contributed by atoms with Crippen molar-refractivity contribution in [2.24, 2.45) is 0 Å². The Balaban J connectivity index is 1.41. The maximum Gasteiger partial charge on any atom is 0.144 e. The minimum atomic E-state index is 0.755. The summed E-state index contributed by atoms with van der Waals surface area (Å²) in [5.74, 6) is 0.933. The normalized spacial score (nSPS) is 20.0. The van der Waals surface area contributed by atoms with E-state index in [1.807, 2.05) is 12.1 Å². The summed E-state index contributed by atoms with van der Waals surface area (Å²) >= 11 is 0. The monoisotopic (exact) mass is 320 g/mol. The first-order valence-corrected chi connectivity index (χ1v) is 8.85. The van der Waals surface area contributed by atoms with Crippen molar-refractivity contribution in [1.82, 2.24) is 0 Å². The third-order valence-electron chi connectivity index (χ3n) is 5.12. The van der Waals surface area contributed by atoms with Crippen LogP contribution in [-0.2, 0) is 4.74 Å². The van der Waals surface area contributed by atoms with Gasteiger partial charge >= 0.3 is 0 Å². The number of anilines is 2. The van der Waals surface area contributed by atoms with Crippen LogP contribution >= 0.6 is 0 Å². The van der Waals surface area contributed by atoms with Crippen LogP contribution in [0.3, 0.4) is 0 Å². The maximum absolute atomic E-state index is 5.84. The van der Waals surface area contributed by atoms with Gasteiger partial charge in [0.2, 0.25) is 0 Å². The van der Waals surface area contributed by atoms with E-state index in [9.17, 15) is 0 Å². The van der Waals surface area contributed by atoms with E-state index in [1.54, 1.807) is 0 Å². The van der Waals surface area contributed by atoms with Gasteiger partial charge in [-0.2, -0.15) is 0 Å². The van der Waals surface area contributed by atoms with Gasteiger partial charge in [-0.05, 0) is 31.4 Å². The number of benzene rings is 1. The van der Waals surface area contributed by atoms with E-state index in [2.05, 4.69) is 18.0 Å². The molecular formula is C18H30N3O2+. The molecule has 2 aliphatic heterocycles. The Bertz CT molecular complexity index is 515. The first-order valence-electron chi connectivity index (χ1n) is 8.85. The minimum Gasteiger partial charge on any atom is -0.489 e. The number of ether oxygens (including phenoxy) is 2. The molecule has 0 spiro atoms. The first-order chi connectivity index (χ1) is 11.2. The molecule has 1 fully saturated rings. The van der Waals surface area contributed by atoms with E-state index in [0.717, 1.165) is 57.4 Å². The number of fused-ring (bicyclic) bond motifs is 1. The molecule has 2 heterocycles. The summed E-state index contributed by atoms with van der Waals surface area (Å²) in [7, 11) is 2.37. The summed E-state index contributed by atoms with van der Waals surface area (Å²) in [5.41, 5.74) is 7.80. The number of likely N-dealkylation sites (N-methyl/N-ethyl adjacent to an activating group) is 1. The van der Waals surface area contributed by atoms with Crippen LogP contribution in [0, 0.1) is 0 Å². The molecule has 0 bridgehead atoms. The molecule has 0 unspecified atom stereocenters. The zero-order valence-corrected chi connectivity index (χ0v) is 14.3. The molecule has 128 valence electrons. The topological polar surface area (TPSA) is 47.7 Å². The molecule has 5 nitrogen and oxygen atoms in total. The molecule has 1 aromatic rings. The molecule has 0 aromatic heterocycles. The lowest BCUT2D eigenvalue weighted by atomic mass is 10.1. The standard InChI is InChI=1S/C18H30N3O2/c1-21(10-13-22-14-11-21)9-4-2-3-7-20-8-12-23-18-15-16(19)5-6-17(18)20/h5-6,15H,2-4,7-14,19H2,1H3/q+1. The summed E-state index contributed by atoms with van der Waals surface area (Å²) in [6.07, 6.45) is 3.83. The highest BCUT2D eigenvalue weighted by molar-refractivity contribution is 5.64. The number of hydrogen-bond donors (Lipinski definition) is 1. The minimum absolute atomic E-state index is 0.755. The van der Waals surface area contributed by atoms with Crippen molar-refractivity contribution in [2.75, 3.05) is 70.2 Å². The van der Waals surface area contributed by atoms with Gasteiger partial charge in [-0.3, -0.25) is 0 Å². The van der Waals surface area contributed by atoms with Crippen molar-refractivity contribution >= 4 is 11.4 Å². The molecular weight excluding hydrogens is 290 g/mol. The van der Waals surface area contributed by atoms with Gasteiger partial charge in [0.1, 0.15) is 25.4 Å². The van der Waals surface area contributed by atoms with E-state index < -0.39 is 0 Å². The first kappa shape index (κ1) is 16.4.